The van der Waals surface area contributed by atoms with Gasteiger partial charge in [-0.25, -0.2) is 4.79 Å². The van der Waals surface area contributed by atoms with Gasteiger partial charge in [0.1, 0.15) is 0 Å². The predicted octanol–water partition coefficient (Wildman–Crippen LogP) is 5.37. The molecule has 2 heterocycles. The highest BCUT2D eigenvalue weighted by molar-refractivity contribution is 6.31. The molecule has 7 heteroatoms. The zero-order valence-electron chi connectivity index (χ0n) is 18.7. The van der Waals surface area contributed by atoms with Crippen molar-refractivity contribution in [3.05, 3.63) is 58.2 Å². The summed E-state index contributed by atoms with van der Waals surface area (Å²) in [6.07, 6.45) is 0.783. The zero-order chi connectivity index (χ0) is 22.8. The molecular weight excluding hydrogens is 430 g/mol. The van der Waals surface area contributed by atoms with Crippen molar-refractivity contribution >= 4 is 17.6 Å². The normalized spacial score (nSPS) is 12.2. The molecule has 0 bridgehead atoms. The number of aromatic nitrogens is 1. The largest absolute Gasteiger partial charge is 0.493 e. The third-order valence-corrected chi connectivity index (χ3v) is 5.95. The van der Waals surface area contributed by atoms with E-state index in [1.165, 1.54) is 0 Å². The standard InChI is InChI=1S/C25H26ClNO5/c1-5-32-25(28)23-22(16-7-6-8-17(26)11-16)19(14-29-2)27-10-9-15-12-20(30-3)21(31-4)13-18(15)24(23)27/h6-8,11-13H,5,9-10,14H2,1-4H3. The first kappa shape index (κ1) is 22.2. The van der Waals surface area contributed by atoms with E-state index in [4.69, 9.17) is 30.5 Å². The molecule has 0 spiro atoms. The van der Waals surface area contributed by atoms with Crippen molar-refractivity contribution in [2.45, 2.75) is 26.5 Å². The molecule has 0 N–H and O–H groups in total. The van der Waals surface area contributed by atoms with E-state index in [9.17, 15) is 4.79 Å². The van der Waals surface area contributed by atoms with E-state index < -0.39 is 0 Å². The van der Waals surface area contributed by atoms with Gasteiger partial charge in [-0.3, -0.25) is 0 Å². The number of benzene rings is 2. The summed E-state index contributed by atoms with van der Waals surface area (Å²) < 4.78 is 24.3. The maximum Gasteiger partial charge on any atom is 0.340 e. The number of aryl methyl sites for hydroxylation is 1. The number of hydrogen-bond acceptors (Lipinski definition) is 5. The molecule has 0 radical (unpaired) electrons. The Morgan fingerprint density at radius 3 is 2.50 bits per heavy atom. The van der Waals surface area contributed by atoms with Crippen LogP contribution in [0, 0.1) is 0 Å². The molecular formula is C25H26ClNO5. The van der Waals surface area contributed by atoms with E-state index >= 15 is 0 Å². The second kappa shape index (κ2) is 9.27. The second-order valence-electron chi connectivity index (χ2n) is 7.48. The van der Waals surface area contributed by atoms with Crippen molar-refractivity contribution in [3.63, 3.8) is 0 Å². The summed E-state index contributed by atoms with van der Waals surface area (Å²) in [6, 6.07) is 11.4. The quantitative estimate of drug-likeness (QED) is 0.448. The van der Waals surface area contributed by atoms with Crippen molar-refractivity contribution in [3.8, 4) is 33.9 Å². The minimum Gasteiger partial charge on any atom is -0.493 e. The van der Waals surface area contributed by atoms with Crippen LogP contribution >= 0.6 is 11.6 Å². The summed E-state index contributed by atoms with van der Waals surface area (Å²) in [5, 5.41) is 0.594. The number of carbonyl (C=O) groups excluding carboxylic acids is 1. The summed E-state index contributed by atoms with van der Waals surface area (Å²) in [5.41, 5.74) is 5.85. The van der Waals surface area contributed by atoms with Crippen LogP contribution in [0.5, 0.6) is 11.5 Å². The number of carbonyl (C=O) groups is 1. The average molecular weight is 456 g/mol. The van der Waals surface area contributed by atoms with Gasteiger partial charge in [-0.2, -0.15) is 0 Å². The Kier molecular flexibility index (Phi) is 6.44. The molecule has 0 saturated heterocycles. The zero-order valence-corrected chi connectivity index (χ0v) is 19.4. The monoisotopic (exact) mass is 455 g/mol. The number of ether oxygens (including phenoxy) is 4. The van der Waals surface area contributed by atoms with Gasteiger partial charge in [0.05, 0.1) is 44.4 Å². The fraction of sp³-hybridized carbons (Fsp3) is 0.320. The number of nitrogens with zero attached hydrogens (tertiary/aromatic N) is 1. The van der Waals surface area contributed by atoms with Gasteiger partial charge in [0.25, 0.3) is 0 Å². The minimum atomic E-state index is -0.379. The topological polar surface area (TPSA) is 58.9 Å². The predicted molar refractivity (Wildman–Crippen MR) is 124 cm³/mol. The van der Waals surface area contributed by atoms with Crippen LogP contribution in [0.2, 0.25) is 5.02 Å². The highest BCUT2D eigenvalue weighted by Crippen LogP contribution is 2.46. The fourth-order valence-corrected chi connectivity index (χ4v) is 4.61. The minimum absolute atomic E-state index is 0.275. The second-order valence-corrected chi connectivity index (χ2v) is 7.91. The lowest BCUT2D eigenvalue weighted by atomic mass is 9.93. The number of halogens is 1. The summed E-state index contributed by atoms with van der Waals surface area (Å²) in [5.74, 6) is 0.889. The van der Waals surface area contributed by atoms with E-state index in [0.29, 0.717) is 35.2 Å². The lowest BCUT2D eigenvalue weighted by molar-refractivity contribution is 0.0528. The summed E-state index contributed by atoms with van der Waals surface area (Å²) >= 11 is 6.31. The van der Waals surface area contributed by atoms with Gasteiger partial charge < -0.3 is 23.5 Å². The first-order valence-corrected chi connectivity index (χ1v) is 10.8. The summed E-state index contributed by atoms with van der Waals surface area (Å²) in [6.45, 7) is 3.12. The molecule has 0 saturated carbocycles. The van der Waals surface area contributed by atoms with Gasteiger partial charge in [0.15, 0.2) is 11.5 Å². The van der Waals surface area contributed by atoms with Gasteiger partial charge in [0.2, 0.25) is 0 Å². The molecule has 2 aromatic carbocycles. The van der Waals surface area contributed by atoms with Gasteiger partial charge >= 0.3 is 5.97 Å². The van der Waals surface area contributed by atoms with Gasteiger partial charge in [0, 0.05) is 29.8 Å². The Bertz CT molecular complexity index is 1170. The van der Waals surface area contributed by atoms with E-state index in [0.717, 1.165) is 40.1 Å². The van der Waals surface area contributed by atoms with E-state index in [1.807, 2.05) is 36.4 Å². The molecule has 3 aromatic rings. The van der Waals surface area contributed by atoms with Gasteiger partial charge in [-0.1, -0.05) is 23.7 Å². The fourth-order valence-electron chi connectivity index (χ4n) is 4.42. The Balaban J connectivity index is 2.08. The summed E-state index contributed by atoms with van der Waals surface area (Å²) in [7, 11) is 4.87. The molecule has 0 aliphatic carbocycles. The number of esters is 1. The van der Waals surface area contributed by atoms with Crippen LogP contribution in [0.4, 0.5) is 0 Å². The van der Waals surface area contributed by atoms with Gasteiger partial charge in [-0.05, 0) is 48.7 Å². The molecule has 4 rings (SSSR count). The molecule has 1 aromatic heterocycles. The molecule has 0 unspecified atom stereocenters. The molecule has 1 aliphatic rings. The Labute approximate surface area is 192 Å². The van der Waals surface area contributed by atoms with Crippen molar-refractivity contribution in [2.24, 2.45) is 0 Å². The highest BCUT2D eigenvalue weighted by atomic mass is 35.5. The van der Waals surface area contributed by atoms with Crippen LogP contribution in [0.25, 0.3) is 22.4 Å². The molecule has 168 valence electrons. The van der Waals surface area contributed by atoms with Crippen LogP contribution in [0.15, 0.2) is 36.4 Å². The van der Waals surface area contributed by atoms with Crippen LogP contribution in [-0.4, -0.2) is 38.5 Å². The number of methoxy groups -OCH3 is 3. The van der Waals surface area contributed by atoms with Crippen molar-refractivity contribution in [1.29, 1.82) is 0 Å². The van der Waals surface area contributed by atoms with Crippen molar-refractivity contribution in [2.75, 3.05) is 27.9 Å². The number of fused-ring (bicyclic) bond motifs is 3. The van der Waals surface area contributed by atoms with E-state index in [-0.39, 0.29) is 12.6 Å². The maximum atomic E-state index is 13.3. The van der Waals surface area contributed by atoms with Crippen LogP contribution in [0.1, 0.15) is 28.5 Å². The third-order valence-electron chi connectivity index (χ3n) is 5.71. The Morgan fingerprint density at radius 2 is 1.84 bits per heavy atom. The first-order chi connectivity index (χ1) is 15.5. The number of hydrogen-bond donors (Lipinski definition) is 0. The first-order valence-electron chi connectivity index (χ1n) is 10.5. The SMILES string of the molecule is CCOC(=O)c1c(-c2cccc(Cl)c2)c(COC)n2c1-c1cc(OC)c(OC)cc1CC2. The average Bonchev–Trinajstić information content (AvgIpc) is 3.13. The van der Waals surface area contributed by atoms with Crippen molar-refractivity contribution in [1.82, 2.24) is 4.57 Å². The van der Waals surface area contributed by atoms with E-state index in [2.05, 4.69) is 4.57 Å². The number of rotatable bonds is 7. The lowest BCUT2D eigenvalue weighted by Gasteiger charge is -2.23. The van der Waals surface area contributed by atoms with Crippen LogP contribution < -0.4 is 9.47 Å². The lowest BCUT2D eigenvalue weighted by Crippen LogP contribution is -2.15. The maximum absolute atomic E-state index is 13.3. The summed E-state index contributed by atoms with van der Waals surface area (Å²) in [4.78, 5) is 13.3. The van der Waals surface area contributed by atoms with Crippen LogP contribution in [-0.2, 0) is 29.0 Å². The Morgan fingerprint density at radius 1 is 1.09 bits per heavy atom. The van der Waals surface area contributed by atoms with Crippen molar-refractivity contribution < 1.29 is 23.7 Å². The molecule has 0 atom stereocenters. The molecule has 32 heavy (non-hydrogen) atoms. The van der Waals surface area contributed by atoms with E-state index in [1.54, 1.807) is 28.3 Å². The Hall–Kier alpha value is -2.96. The smallest absolute Gasteiger partial charge is 0.340 e. The molecule has 0 fully saturated rings. The molecule has 0 amide bonds. The third kappa shape index (κ3) is 3.74. The van der Waals surface area contributed by atoms with Crippen LogP contribution in [0.3, 0.4) is 0 Å². The molecule has 1 aliphatic heterocycles. The van der Waals surface area contributed by atoms with Gasteiger partial charge in [-0.15, -0.1) is 0 Å². The molecule has 6 nitrogen and oxygen atoms in total. The highest BCUT2D eigenvalue weighted by Gasteiger charge is 2.33.